The average molecular weight is 345 g/mol. The smallest absolute Gasteiger partial charge is 0.248 e. The number of aryl methyl sites for hydroxylation is 2. The van der Waals surface area contributed by atoms with E-state index in [9.17, 15) is 4.79 Å². The van der Waals surface area contributed by atoms with Crippen LogP contribution in [-0.2, 0) is 4.79 Å². The van der Waals surface area contributed by atoms with Crippen molar-refractivity contribution in [3.05, 3.63) is 63.6 Å². The zero-order chi connectivity index (χ0) is 15.4. The van der Waals surface area contributed by atoms with Crippen molar-refractivity contribution in [3.8, 4) is 0 Å². The lowest BCUT2D eigenvalue weighted by molar-refractivity contribution is -0.111. The molecule has 0 unspecified atom stereocenters. The molecule has 0 aromatic heterocycles. The van der Waals surface area contributed by atoms with E-state index in [1.54, 1.807) is 18.2 Å². The Bertz CT molecular complexity index is 667. The molecule has 0 heterocycles. The van der Waals surface area contributed by atoms with Gasteiger partial charge in [0.05, 0.1) is 5.69 Å². The van der Waals surface area contributed by atoms with Crippen LogP contribution in [0.4, 0.5) is 11.4 Å². The predicted octanol–water partition coefficient (Wildman–Crippen LogP) is 4.30. The summed E-state index contributed by atoms with van der Waals surface area (Å²) >= 11 is 3.48. The second-order valence-corrected chi connectivity index (χ2v) is 5.78. The van der Waals surface area contributed by atoms with Gasteiger partial charge in [0, 0.05) is 16.2 Å². The van der Waals surface area contributed by atoms with Crippen molar-refractivity contribution in [3.63, 3.8) is 0 Å². The Kier molecular flexibility index (Phi) is 4.81. The molecule has 0 aliphatic heterocycles. The molecule has 0 saturated heterocycles. The Morgan fingerprint density at radius 2 is 1.86 bits per heavy atom. The van der Waals surface area contributed by atoms with E-state index in [-0.39, 0.29) is 5.91 Å². The van der Waals surface area contributed by atoms with Crippen LogP contribution < -0.4 is 11.1 Å². The number of carbonyl (C=O) groups is 1. The van der Waals surface area contributed by atoms with Crippen molar-refractivity contribution in [1.82, 2.24) is 0 Å². The van der Waals surface area contributed by atoms with Crippen LogP contribution >= 0.6 is 15.9 Å². The van der Waals surface area contributed by atoms with E-state index in [1.807, 2.05) is 38.1 Å². The summed E-state index contributed by atoms with van der Waals surface area (Å²) in [7, 11) is 0. The first kappa shape index (κ1) is 15.3. The number of hydrogen-bond acceptors (Lipinski definition) is 2. The van der Waals surface area contributed by atoms with Crippen molar-refractivity contribution in [2.75, 3.05) is 11.1 Å². The fourth-order valence-electron chi connectivity index (χ4n) is 2.02. The van der Waals surface area contributed by atoms with Crippen LogP contribution in [0.5, 0.6) is 0 Å². The molecule has 108 valence electrons. The molecule has 0 aliphatic carbocycles. The Morgan fingerprint density at radius 3 is 2.48 bits per heavy atom. The van der Waals surface area contributed by atoms with Crippen LogP contribution in [0.1, 0.15) is 16.7 Å². The zero-order valence-electron chi connectivity index (χ0n) is 12.0. The predicted molar refractivity (Wildman–Crippen MR) is 92.1 cm³/mol. The number of benzene rings is 2. The fraction of sp³-hybridized carbons (Fsp3) is 0.118. The van der Waals surface area contributed by atoms with Gasteiger partial charge >= 0.3 is 0 Å². The summed E-state index contributed by atoms with van der Waals surface area (Å²) in [6.45, 7) is 3.99. The van der Waals surface area contributed by atoms with Gasteiger partial charge in [0.2, 0.25) is 5.91 Å². The van der Waals surface area contributed by atoms with Crippen molar-refractivity contribution in [2.24, 2.45) is 0 Å². The first-order valence-corrected chi connectivity index (χ1v) is 7.36. The molecule has 3 N–H and O–H groups in total. The standard InChI is InChI=1S/C17H17BrN2O/c1-11-9-12(2)17(15(18)10-11)20-16(21)8-5-13-3-6-14(19)7-4-13/h3-10H,19H2,1-2H3,(H,20,21)/b8-5+. The van der Waals surface area contributed by atoms with Gasteiger partial charge in [-0.05, 0) is 70.7 Å². The number of carbonyl (C=O) groups excluding carboxylic acids is 1. The van der Waals surface area contributed by atoms with E-state index in [2.05, 4.69) is 21.2 Å². The van der Waals surface area contributed by atoms with E-state index < -0.39 is 0 Å². The lowest BCUT2D eigenvalue weighted by atomic mass is 10.1. The van der Waals surface area contributed by atoms with E-state index >= 15 is 0 Å². The number of halogens is 1. The molecule has 0 radical (unpaired) electrons. The van der Waals surface area contributed by atoms with Gasteiger partial charge in [-0.2, -0.15) is 0 Å². The number of hydrogen-bond donors (Lipinski definition) is 2. The molecule has 0 atom stereocenters. The SMILES string of the molecule is Cc1cc(C)c(NC(=O)/C=C/c2ccc(N)cc2)c(Br)c1. The number of rotatable bonds is 3. The highest BCUT2D eigenvalue weighted by Gasteiger charge is 2.07. The van der Waals surface area contributed by atoms with Crippen molar-refractivity contribution in [2.45, 2.75) is 13.8 Å². The van der Waals surface area contributed by atoms with Crippen LogP contribution in [0, 0.1) is 13.8 Å². The number of anilines is 2. The summed E-state index contributed by atoms with van der Waals surface area (Å²) < 4.78 is 0.884. The molecule has 0 fully saturated rings. The molecule has 0 spiro atoms. The maximum atomic E-state index is 12.0. The molecule has 0 saturated carbocycles. The number of amides is 1. The van der Waals surface area contributed by atoms with Crippen LogP contribution in [0.15, 0.2) is 46.9 Å². The molecule has 2 rings (SSSR count). The minimum absolute atomic E-state index is 0.167. The zero-order valence-corrected chi connectivity index (χ0v) is 13.6. The maximum Gasteiger partial charge on any atom is 0.248 e. The van der Waals surface area contributed by atoms with E-state index in [1.165, 1.54) is 6.08 Å². The monoisotopic (exact) mass is 344 g/mol. The van der Waals surface area contributed by atoms with Gasteiger partial charge in [-0.25, -0.2) is 0 Å². The molecule has 3 nitrogen and oxygen atoms in total. The molecule has 2 aromatic carbocycles. The Morgan fingerprint density at radius 1 is 1.19 bits per heavy atom. The third-order valence-electron chi connectivity index (χ3n) is 3.04. The minimum atomic E-state index is -0.167. The summed E-state index contributed by atoms with van der Waals surface area (Å²) in [6.07, 6.45) is 3.27. The largest absolute Gasteiger partial charge is 0.399 e. The highest BCUT2D eigenvalue weighted by molar-refractivity contribution is 9.10. The normalized spacial score (nSPS) is 10.8. The minimum Gasteiger partial charge on any atom is -0.399 e. The van der Waals surface area contributed by atoms with E-state index in [0.29, 0.717) is 5.69 Å². The molecule has 0 bridgehead atoms. The average Bonchev–Trinajstić information content (AvgIpc) is 2.42. The van der Waals surface area contributed by atoms with Crippen molar-refractivity contribution in [1.29, 1.82) is 0 Å². The molecule has 1 amide bonds. The summed E-state index contributed by atoms with van der Waals surface area (Å²) in [5.74, 6) is -0.167. The third kappa shape index (κ3) is 4.20. The topological polar surface area (TPSA) is 55.1 Å². The van der Waals surface area contributed by atoms with E-state index in [0.717, 1.165) is 26.9 Å². The molecular weight excluding hydrogens is 328 g/mol. The van der Waals surface area contributed by atoms with Crippen LogP contribution in [-0.4, -0.2) is 5.91 Å². The Hall–Kier alpha value is -2.07. The van der Waals surface area contributed by atoms with Gasteiger partial charge in [-0.15, -0.1) is 0 Å². The lowest BCUT2D eigenvalue weighted by Gasteiger charge is -2.10. The molecule has 2 aromatic rings. The van der Waals surface area contributed by atoms with Gasteiger partial charge in [0.15, 0.2) is 0 Å². The van der Waals surface area contributed by atoms with Gasteiger partial charge in [0.1, 0.15) is 0 Å². The summed E-state index contributed by atoms with van der Waals surface area (Å²) in [6, 6.07) is 11.4. The van der Waals surface area contributed by atoms with Crippen molar-refractivity contribution < 1.29 is 4.79 Å². The van der Waals surface area contributed by atoms with Crippen LogP contribution in [0.25, 0.3) is 6.08 Å². The molecule has 21 heavy (non-hydrogen) atoms. The van der Waals surface area contributed by atoms with Gasteiger partial charge in [0.25, 0.3) is 0 Å². The highest BCUT2D eigenvalue weighted by atomic mass is 79.9. The summed E-state index contributed by atoms with van der Waals surface area (Å²) in [4.78, 5) is 12.0. The van der Waals surface area contributed by atoms with Crippen LogP contribution in [0.3, 0.4) is 0 Å². The summed E-state index contributed by atoms with van der Waals surface area (Å²) in [5.41, 5.74) is 10.2. The first-order valence-electron chi connectivity index (χ1n) is 6.57. The first-order chi connectivity index (χ1) is 9.95. The van der Waals surface area contributed by atoms with Gasteiger partial charge in [-0.1, -0.05) is 18.2 Å². The van der Waals surface area contributed by atoms with Crippen LogP contribution in [0.2, 0.25) is 0 Å². The maximum absolute atomic E-state index is 12.0. The quantitative estimate of drug-likeness (QED) is 0.644. The van der Waals surface area contributed by atoms with Gasteiger partial charge < -0.3 is 11.1 Å². The highest BCUT2D eigenvalue weighted by Crippen LogP contribution is 2.27. The van der Waals surface area contributed by atoms with E-state index in [4.69, 9.17) is 5.73 Å². The number of nitrogens with one attached hydrogen (secondary N) is 1. The Labute approximate surface area is 133 Å². The fourth-order valence-corrected chi connectivity index (χ4v) is 2.79. The summed E-state index contributed by atoms with van der Waals surface area (Å²) in [5, 5.41) is 2.89. The number of nitrogens with two attached hydrogens (primary N) is 1. The Balaban J connectivity index is 2.10. The number of nitrogen functional groups attached to an aromatic ring is 1. The van der Waals surface area contributed by atoms with Crippen molar-refractivity contribution >= 4 is 39.3 Å². The lowest BCUT2D eigenvalue weighted by Crippen LogP contribution is -2.09. The third-order valence-corrected chi connectivity index (χ3v) is 3.67. The molecule has 0 aliphatic rings. The molecular formula is C17H17BrN2O. The van der Waals surface area contributed by atoms with Gasteiger partial charge in [-0.3, -0.25) is 4.79 Å². The second-order valence-electron chi connectivity index (χ2n) is 4.93. The second kappa shape index (κ2) is 6.59. The molecule has 4 heteroatoms.